The van der Waals surface area contributed by atoms with Gasteiger partial charge in [0.05, 0.1) is 12.7 Å². The number of likely N-dealkylation sites (tertiary alicyclic amines) is 1. The summed E-state index contributed by atoms with van der Waals surface area (Å²) < 4.78 is 3.95. The Morgan fingerprint density at radius 2 is 2.04 bits per heavy atom. The van der Waals surface area contributed by atoms with E-state index < -0.39 is 5.60 Å². The number of β-amino-alcohol motifs (C(OH)–C–C–N with tert-alkyl or cyclic N) is 1. The van der Waals surface area contributed by atoms with Crippen LogP contribution >= 0.6 is 0 Å². The van der Waals surface area contributed by atoms with Gasteiger partial charge in [-0.2, -0.15) is 0 Å². The fourth-order valence-electron chi connectivity index (χ4n) is 3.94. The molecule has 0 spiro atoms. The SMILES string of the molecule is CC(C)n1cc([C@@]2(O)CCCN(Cc3nnc(C4CCC4)n3C)C2)nn1. The van der Waals surface area contributed by atoms with E-state index in [0.717, 1.165) is 24.6 Å². The third kappa shape index (κ3) is 3.16. The molecule has 0 radical (unpaired) electrons. The quantitative estimate of drug-likeness (QED) is 0.875. The van der Waals surface area contributed by atoms with Crippen LogP contribution in [0, 0.1) is 0 Å². The Morgan fingerprint density at radius 3 is 2.69 bits per heavy atom. The summed E-state index contributed by atoms with van der Waals surface area (Å²) in [7, 11) is 2.06. The lowest BCUT2D eigenvalue weighted by Gasteiger charge is -2.37. The molecule has 2 aromatic heterocycles. The number of nitrogens with zero attached hydrogens (tertiary/aromatic N) is 7. The van der Waals surface area contributed by atoms with E-state index >= 15 is 0 Å². The second-order valence-corrected chi connectivity index (χ2v) is 8.18. The monoisotopic (exact) mass is 359 g/mol. The van der Waals surface area contributed by atoms with E-state index in [-0.39, 0.29) is 6.04 Å². The second-order valence-electron chi connectivity index (χ2n) is 8.18. The molecule has 2 fully saturated rings. The minimum Gasteiger partial charge on any atom is -0.382 e. The van der Waals surface area contributed by atoms with Crippen molar-refractivity contribution in [2.24, 2.45) is 7.05 Å². The number of hydrogen-bond donors (Lipinski definition) is 1. The Morgan fingerprint density at radius 1 is 1.23 bits per heavy atom. The van der Waals surface area contributed by atoms with Crippen LogP contribution in [0.5, 0.6) is 0 Å². The lowest BCUT2D eigenvalue weighted by molar-refractivity contribution is -0.0423. The molecule has 0 aromatic carbocycles. The zero-order valence-corrected chi connectivity index (χ0v) is 16.0. The Bertz CT molecular complexity index is 763. The van der Waals surface area contributed by atoms with Gasteiger partial charge in [0, 0.05) is 25.6 Å². The van der Waals surface area contributed by atoms with Crippen molar-refractivity contribution in [1.29, 1.82) is 0 Å². The van der Waals surface area contributed by atoms with Gasteiger partial charge in [0.2, 0.25) is 0 Å². The molecule has 1 atom stereocenters. The molecule has 3 heterocycles. The van der Waals surface area contributed by atoms with Crippen LogP contribution in [0.4, 0.5) is 0 Å². The number of aromatic nitrogens is 6. The molecule has 1 saturated carbocycles. The van der Waals surface area contributed by atoms with Crippen LogP contribution in [0.1, 0.15) is 75.3 Å². The third-order valence-corrected chi connectivity index (χ3v) is 5.90. The highest BCUT2D eigenvalue weighted by molar-refractivity contribution is 5.11. The van der Waals surface area contributed by atoms with E-state index in [1.165, 1.54) is 19.3 Å². The van der Waals surface area contributed by atoms with Crippen molar-refractivity contribution in [3.05, 3.63) is 23.5 Å². The van der Waals surface area contributed by atoms with Crippen LogP contribution in [0.25, 0.3) is 0 Å². The van der Waals surface area contributed by atoms with Gasteiger partial charge >= 0.3 is 0 Å². The second kappa shape index (κ2) is 6.74. The minimum atomic E-state index is -0.944. The molecule has 1 aliphatic carbocycles. The zero-order valence-electron chi connectivity index (χ0n) is 16.0. The van der Waals surface area contributed by atoms with Crippen molar-refractivity contribution in [3.8, 4) is 0 Å². The molecule has 0 unspecified atom stereocenters. The lowest BCUT2D eigenvalue weighted by Crippen LogP contribution is -2.46. The predicted molar refractivity (Wildman–Crippen MR) is 96.4 cm³/mol. The Hall–Kier alpha value is -1.80. The van der Waals surface area contributed by atoms with Crippen molar-refractivity contribution in [2.75, 3.05) is 13.1 Å². The molecular formula is C18H29N7O. The van der Waals surface area contributed by atoms with Crippen LogP contribution in [0.2, 0.25) is 0 Å². The van der Waals surface area contributed by atoms with Crippen molar-refractivity contribution in [1.82, 2.24) is 34.7 Å². The number of rotatable bonds is 5. The van der Waals surface area contributed by atoms with Crippen molar-refractivity contribution in [2.45, 2.75) is 70.1 Å². The van der Waals surface area contributed by atoms with Gasteiger partial charge in [0.25, 0.3) is 0 Å². The van der Waals surface area contributed by atoms with Gasteiger partial charge in [0.15, 0.2) is 0 Å². The van der Waals surface area contributed by atoms with E-state index in [1.54, 1.807) is 4.68 Å². The smallest absolute Gasteiger partial charge is 0.146 e. The van der Waals surface area contributed by atoms with Gasteiger partial charge in [-0.3, -0.25) is 4.90 Å². The first kappa shape index (κ1) is 17.6. The largest absolute Gasteiger partial charge is 0.382 e. The standard InChI is InChI=1S/C18H29N7O/c1-13(2)25-10-15(19-22-25)18(26)8-5-9-24(12-18)11-16-20-21-17(23(16)3)14-6-4-7-14/h10,13-14,26H,4-9,11-12H2,1-3H3/t18-/m1/s1. The maximum atomic E-state index is 11.2. The molecule has 0 bridgehead atoms. The minimum absolute atomic E-state index is 0.239. The first-order chi connectivity index (χ1) is 12.5. The fraction of sp³-hybridized carbons (Fsp3) is 0.778. The number of piperidine rings is 1. The lowest BCUT2D eigenvalue weighted by atomic mass is 9.85. The van der Waals surface area contributed by atoms with Crippen LogP contribution in [-0.2, 0) is 19.2 Å². The molecule has 8 nitrogen and oxygen atoms in total. The van der Waals surface area contributed by atoms with E-state index in [1.807, 2.05) is 6.20 Å². The number of aliphatic hydroxyl groups is 1. The van der Waals surface area contributed by atoms with Gasteiger partial charge in [-0.25, -0.2) is 4.68 Å². The molecule has 2 aliphatic rings. The molecule has 26 heavy (non-hydrogen) atoms. The molecule has 142 valence electrons. The highest BCUT2D eigenvalue weighted by atomic mass is 16.3. The third-order valence-electron chi connectivity index (χ3n) is 5.90. The van der Waals surface area contributed by atoms with Crippen LogP contribution < -0.4 is 0 Å². The van der Waals surface area contributed by atoms with E-state index in [4.69, 9.17) is 0 Å². The first-order valence-electron chi connectivity index (χ1n) is 9.71. The van der Waals surface area contributed by atoms with E-state index in [2.05, 4.69) is 50.9 Å². The van der Waals surface area contributed by atoms with Crippen molar-refractivity contribution in [3.63, 3.8) is 0 Å². The summed E-state index contributed by atoms with van der Waals surface area (Å²) in [5.41, 5.74) is -0.273. The predicted octanol–water partition coefficient (Wildman–Crippen LogP) is 1.74. The normalized spacial score (nSPS) is 25.0. The Balaban J connectivity index is 1.47. The van der Waals surface area contributed by atoms with Gasteiger partial charge < -0.3 is 9.67 Å². The van der Waals surface area contributed by atoms with Crippen molar-refractivity contribution >= 4 is 0 Å². The summed E-state index contributed by atoms with van der Waals surface area (Å²) in [5, 5.41) is 28.4. The van der Waals surface area contributed by atoms with Crippen molar-refractivity contribution < 1.29 is 5.11 Å². The summed E-state index contributed by atoms with van der Waals surface area (Å²) >= 11 is 0. The average molecular weight is 359 g/mol. The van der Waals surface area contributed by atoms with E-state index in [0.29, 0.717) is 31.1 Å². The summed E-state index contributed by atoms with van der Waals surface area (Å²) in [6.45, 7) is 6.32. The highest BCUT2D eigenvalue weighted by Gasteiger charge is 2.38. The zero-order chi connectivity index (χ0) is 18.3. The van der Waals surface area contributed by atoms with Crippen LogP contribution in [0.15, 0.2) is 6.20 Å². The molecule has 0 amide bonds. The maximum Gasteiger partial charge on any atom is 0.146 e. The maximum absolute atomic E-state index is 11.2. The van der Waals surface area contributed by atoms with Gasteiger partial charge in [-0.15, -0.1) is 15.3 Å². The Kier molecular flexibility index (Phi) is 4.56. The van der Waals surface area contributed by atoms with Gasteiger partial charge in [-0.1, -0.05) is 11.6 Å². The molecule has 8 heteroatoms. The van der Waals surface area contributed by atoms with Gasteiger partial charge in [0.1, 0.15) is 22.9 Å². The molecule has 4 rings (SSSR count). The molecule has 1 aliphatic heterocycles. The fourth-order valence-corrected chi connectivity index (χ4v) is 3.94. The Labute approximate surface area is 154 Å². The first-order valence-corrected chi connectivity index (χ1v) is 9.71. The van der Waals surface area contributed by atoms with Crippen LogP contribution in [0.3, 0.4) is 0 Å². The molecule has 1 N–H and O–H groups in total. The van der Waals surface area contributed by atoms with E-state index in [9.17, 15) is 5.11 Å². The highest BCUT2D eigenvalue weighted by Crippen LogP contribution is 2.35. The average Bonchev–Trinajstić information content (AvgIpc) is 3.17. The number of hydrogen-bond acceptors (Lipinski definition) is 6. The summed E-state index contributed by atoms with van der Waals surface area (Å²) in [5.74, 6) is 2.66. The van der Waals surface area contributed by atoms with Gasteiger partial charge in [-0.05, 0) is 46.1 Å². The summed E-state index contributed by atoms with van der Waals surface area (Å²) in [4.78, 5) is 2.26. The molecular weight excluding hydrogens is 330 g/mol. The topological polar surface area (TPSA) is 84.9 Å². The summed E-state index contributed by atoms with van der Waals surface area (Å²) in [6.07, 6.45) is 7.26. The molecule has 1 saturated heterocycles. The molecule has 2 aromatic rings. The van der Waals surface area contributed by atoms with Crippen LogP contribution in [-0.4, -0.2) is 52.9 Å². The summed E-state index contributed by atoms with van der Waals surface area (Å²) in [6, 6.07) is 0.239.